The molecule has 0 aliphatic carbocycles. The largest absolute Gasteiger partial charge is 0.392 e. The van der Waals surface area contributed by atoms with E-state index in [0.29, 0.717) is 6.04 Å². The molecule has 2 heterocycles. The lowest BCUT2D eigenvalue weighted by atomic mass is 10.1. The Labute approximate surface area is 133 Å². The molecule has 1 aromatic rings. The van der Waals surface area contributed by atoms with Crippen molar-refractivity contribution >= 4 is 11.8 Å². The Bertz CT molecular complexity index is 491. The van der Waals surface area contributed by atoms with E-state index < -0.39 is 0 Å². The summed E-state index contributed by atoms with van der Waals surface area (Å²) in [5, 5.41) is 9.65. The second-order valence-corrected chi connectivity index (χ2v) is 6.41. The van der Waals surface area contributed by atoms with Crippen molar-refractivity contribution in [3.05, 3.63) is 11.8 Å². The molecule has 0 amide bonds. The third-order valence-electron chi connectivity index (χ3n) is 4.14. The maximum absolute atomic E-state index is 9.65. The van der Waals surface area contributed by atoms with Gasteiger partial charge in [0.2, 0.25) is 5.95 Å². The lowest BCUT2D eigenvalue weighted by Crippen LogP contribution is -2.55. The van der Waals surface area contributed by atoms with E-state index in [2.05, 4.69) is 26.7 Å². The third-order valence-corrected chi connectivity index (χ3v) is 4.14. The van der Waals surface area contributed by atoms with Gasteiger partial charge in [0.15, 0.2) is 0 Å². The molecule has 0 radical (unpaired) electrons. The number of piperazine rings is 1. The minimum atomic E-state index is -0.281. The second-order valence-electron chi connectivity index (χ2n) is 6.41. The SMILES string of the molecule is CCC1CN(c2nc(C)cc(N(C)C)n2)CCN1CC(C)O. The molecule has 0 aromatic carbocycles. The van der Waals surface area contributed by atoms with Crippen LogP contribution in [-0.2, 0) is 0 Å². The Hall–Kier alpha value is -1.40. The molecule has 0 saturated carbocycles. The van der Waals surface area contributed by atoms with E-state index in [-0.39, 0.29) is 6.10 Å². The van der Waals surface area contributed by atoms with Gasteiger partial charge >= 0.3 is 0 Å². The monoisotopic (exact) mass is 307 g/mol. The first kappa shape index (κ1) is 17.0. The summed E-state index contributed by atoms with van der Waals surface area (Å²) in [5.41, 5.74) is 0.994. The number of hydrogen-bond acceptors (Lipinski definition) is 6. The molecule has 6 heteroatoms. The van der Waals surface area contributed by atoms with Gasteiger partial charge in [0.25, 0.3) is 0 Å². The van der Waals surface area contributed by atoms with Crippen LogP contribution >= 0.6 is 0 Å². The molecule has 2 unspecified atom stereocenters. The van der Waals surface area contributed by atoms with Crippen molar-refractivity contribution in [2.75, 3.05) is 50.1 Å². The van der Waals surface area contributed by atoms with Gasteiger partial charge in [-0.15, -0.1) is 0 Å². The van der Waals surface area contributed by atoms with E-state index in [0.717, 1.165) is 50.1 Å². The molecular formula is C16H29N5O. The number of hydrogen-bond donors (Lipinski definition) is 1. The third kappa shape index (κ3) is 4.08. The number of β-amino-alcohol motifs (C(OH)–C–C–N with tert-alkyl or cyclic N) is 1. The summed E-state index contributed by atoms with van der Waals surface area (Å²) >= 11 is 0. The Morgan fingerprint density at radius 3 is 2.68 bits per heavy atom. The number of aryl methyl sites for hydroxylation is 1. The van der Waals surface area contributed by atoms with Gasteiger partial charge in [0.05, 0.1) is 6.10 Å². The van der Waals surface area contributed by atoms with E-state index >= 15 is 0 Å². The predicted octanol–water partition coefficient (Wildman–Crippen LogP) is 1.13. The van der Waals surface area contributed by atoms with Gasteiger partial charge in [-0.25, -0.2) is 4.98 Å². The molecule has 0 spiro atoms. The number of aromatic nitrogens is 2. The summed E-state index contributed by atoms with van der Waals surface area (Å²) in [6, 6.07) is 2.44. The van der Waals surface area contributed by atoms with Crippen molar-refractivity contribution < 1.29 is 5.11 Å². The van der Waals surface area contributed by atoms with E-state index in [1.807, 2.05) is 38.9 Å². The summed E-state index contributed by atoms with van der Waals surface area (Å²) in [4.78, 5) is 16.0. The fourth-order valence-electron chi connectivity index (χ4n) is 2.95. The van der Waals surface area contributed by atoms with E-state index in [1.165, 1.54) is 0 Å². The molecular weight excluding hydrogens is 278 g/mol. The highest BCUT2D eigenvalue weighted by Gasteiger charge is 2.28. The summed E-state index contributed by atoms with van der Waals surface area (Å²) in [7, 11) is 4.00. The normalized spacial score (nSPS) is 21.0. The lowest BCUT2D eigenvalue weighted by Gasteiger charge is -2.41. The molecule has 1 aromatic heterocycles. The van der Waals surface area contributed by atoms with Gasteiger partial charge in [-0.3, -0.25) is 4.90 Å². The van der Waals surface area contributed by atoms with Crippen molar-refractivity contribution in [3.63, 3.8) is 0 Å². The summed E-state index contributed by atoms with van der Waals surface area (Å²) < 4.78 is 0. The highest BCUT2D eigenvalue weighted by molar-refractivity contribution is 5.45. The molecule has 6 nitrogen and oxygen atoms in total. The number of aliphatic hydroxyl groups is 1. The number of anilines is 2. The molecule has 22 heavy (non-hydrogen) atoms. The summed E-state index contributed by atoms with van der Waals surface area (Å²) in [6.45, 7) is 9.57. The smallest absolute Gasteiger partial charge is 0.227 e. The highest BCUT2D eigenvalue weighted by Crippen LogP contribution is 2.20. The number of rotatable bonds is 5. The molecule has 1 N–H and O–H groups in total. The second kappa shape index (κ2) is 7.24. The predicted molar refractivity (Wildman–Crippen MR) is 90.6 cm³/mol. The van der Waals surface area contributed by atoms with Crippen LogP contribution in [0, 0.1) is 6.92 Å². The zero-order chi connectivity index (χ0) is 16.3. The first-order chi connectivity index (χ1) is 10.4. The quantitative estimate of drug-likeness (QED) is 0.880. The van der Waals surface area contributed by atoms with E-state index in [4.69, 9.17) is 0 Å². The maximum Gasteiger partial charge on any atom is 0.227 e. The Kier molecular flexibility index (Phi) is 5.58. The van der Waals surface area contributed by atoms with Crippen LogP contribution in [0.15, 0.2) is 6.07 Å². The Balaban J connectivity index is 2.14. The average Bonchev–Trinajstić information content (AvgIpc) is 2.46. The lowest BCUT2D eigenvalue weighted by molar-refractivity contribution is 0.0882. The van der Waals surface area contributed by atoms with Crippen LogP contribution in [0.3, 0.4) is 0 Å². The van der Waals surface area contributed by atoms with Crippen molar-refractivity contribution in [3.8, 4) is 0 Å². The first-order valence-electron chi connectivity index (χ1n) is 8.10. The standard InChI is InChI=1S/C16H29N5O/c1-6-14-11-21(8-7-20(14)10-13(3)22)16-17-12(2)9-15(18-16)19(4)5/h9,13-14,22H,6-8,10-11H2,1-5H3. The molecule has 1 saturated heterocycles. The van der Waals surface area contributed by atoms with Gasteiger partial charge in [0.1, 0.15) is 5.82 Å². The minimum Gasteiger partial charge on any atom is -0.392 e. The molecule has 124 valence electrons. The van der Waals surface area contributed by atoms with Crippen LogP contribution in [0.1, 0.15) is 26.0 Å². The van der Waals surface area contributed by atoms with Crippen molar-refractivity contribution in [2.24, 2.45) is 0 Å². The number of aliphatic hydroxyl groups excluding tert-OH is 1. The summed E-state index contributed by atoms with van der Waals surface area (Å²) in [6.07, 6.45) is 0.784. The van der Waals surface area contributed by atoms with Crippen LogP contribution in [0.25, 0.3) is 0 Å². The average molecular weight is 307 g/mol. The van der Waals surface area contributed by atoms with Gasteiger partial charge in [-0.1, -0.05) is 6.92 Å². The van der Waals surface area contributed by atoms with Crippen molar-refractivity contribution in [1.82, 2.24) is 14.9 Å². The minimum absolute atomic E-state index is 0.281. The van der Waals surface area contributed by atoms with E-state index in [1.54, 1.807) is 0 Å². The molecule has 1 fully saturated rings. The molecule has 2 atom stereocenters. The van der Waals surface area contributed by atoms with Crippen LogP contribution < -0.4 is 9.80 Å². The molecule has 1 aliphatic heterocycles. The summed E-state index contributed by atoms with van der Waals surface area (Å²) in [5.74, 6) is 1.76. The van der Waals surface area contributed by atoms with E-state index in [9.17, 15) is 5.11 Å². The fourth-order valence-corrected chi connectivity index (χ4v) is 2.95. The van der Waals surface area contributed by atoms with Crippen LogP contribution in [-0.4, -0.2) is 72.4 Å². The van der Waals surface area contributed by atoms with Crippen molar-refractivity contribution in [2.45, 2.75) is 39.3 Å². The van der Waals surface area contributed by atoms with Gasteiger partial charge in [-0.2, -0.15) is 4.98 Å². The highest BCUT2D eigenvalue weighted by atomic mass is 16.3. The number of nitrogens with zero attached hydrogens (tertiary/aromatic N) is 5. The zero-order valence-electron chi connectivity index (χ0n) is 14.5. The topological polar surface area (TPSA) is 55.7 Å². The molecule has 0 bridgehead atoms. The van der Waals surface area contributed by atoms with Gasteiger partial charge in [0, 0.05) is 58.1 Å². The van der Waals surface area contributed by atoms with Crippen LogP contribution in [0.5, 0.6) is 0 Å². The maximum atomic E-state index is 9.65. The first-order valence-corrected chi connectivity index (χ1v) is 8.10. The Morgan fingerprint density at radius 2 is 2.09 bits per heavy atom. The molecule has 1 aliphatic rings. The zero-order valence-corrected chi connectivity index (χ0v) is 14.5. The Morgan fingerprint density at radius 1 is 1.36 bits per heavy atom. The van der Waals surface area contributed by atoms with Gasteiger partial charge in [-0.05, 0) is 20.3 Å². The molecule has 2 rings (SSSR count). The fraction of sp³-hybridized carbons (Fsp3) is 0.750. The van der Waals surface area contributed by atoms with Crippen molar-refractivity contribution in [1.29, 1.82) is 0 Å². The van der Waals surface area contributed by atoms with Crippen LogP contribution in [0.4, 0.5) is 11.8 Å². The van der Waals surface area contributed by atoms with Crippen LogP contribution in [0.2, 0.25) is 0 Å². The van der Waals surface area contributed by atoms with Gasteiger partial charge < -0.3 is 14.9 Å².